The van der Waals surface area contributed by atoms with Crippen LogP contribution >= 0.6 is 11.3 Å². The molecule has 2 amide bonds. The lowest BCUT2D eigenvalue weighted by Crippen LogP contribution is -2.56. The number of rotatable bonds is 13. The molecule has 7 N–H and O–H groups in total. The Balaban J connectivity index is 1.32. The van der Waals surface area contributed by atoms with E-state index in [1.54, 1.807) is 42.5 Å². The number of hydrogen-bond acceptors (Lipinski definition) is 9. The molecule has 1 aromatic heterocycles. The number of nitrogens with zero attached hydrogens (tertiary/aromatic N) is 3. The van der Waals surface area contributed by atoms with Crippen LogP contribution in [0.2, 0.25) is 0 Å². The maximum Gasteiger partial charge on any atom is 0.243 e. The number of sulfonamides is 1. The van der Waals surface area contributed by atoms with E-state index in [0.29, 0.717) is 35.6 Å². The van der Waals surface area contributed by atoms with Crippen LogP contribution in [0.5, 0.6) is 0 Å². The summed E-state index contributed by atoms with van der Waals surface area (Å²) in [7, 11) is -4.24. The maximum absolute atomic E-state index is 13.6. The number of fused-ring (bicyclic) bond motifs is 2. The third kappa shape index (κ3) is 7.33. The van der Waals surface area contributed by atoms with E-state index >= 15 is 0 Å². The highest BCUT2D eigenvalue weighted by Crippen LogP contribution is 2.26. The fourth-order valence-corrected chi connectivity index (χ4v) is 7.89. The number of aliphatic imine (C=N–C) groups is 1. The molecule has 1 fully saturated rings. The number of para-hydroxylation sites is 1. The molecule has 4 aromatic rings. The van der Waals surface area contributed by atoms with Crippen molar-refractivity contribution in [2.45, 2.75) is 48.7 Å². The van der Waals surface area contributed by atoms with Gasteiger partial charge in [-0.05, 0) is 49.3 Å². The lowest BCUT2D eigenvalue weighted by Gasteiger charge is -2.29. The van der Waals surface area contributed by atoms with E-state index in [1.165, 1.54) is 22.3 Å². The zero-order valence-electron chi connectivity index (χ0n) is 24.8. The summed E-state index contributed by atoms with van der Waals surface area (Å²) in [5.74, 6) is -1.79. The van der Waals surface area contributed by atoms with Gasteiger partial charge in [0.05, 0.1) is 27.8 Å². The Kier molecular flexibility index (Phi) is 10.3. The molecule has 46 heavy (non-hydrogen) atoms. The molecule has 3 aromatic carbocycles. The smallest absolute Gasteiger partial charge is 0.243 e. The summed E-state index contributed by atoms with van der Waals surface area (Å²) >= 11 is 1.22. The number of Topliss-reactive ketones (excluding diaryl/α,β-unsaturated/α-hetero) is 1. The SMILES string of the molecule is NC(N)=NCCCC(NC(=O)[C@@H]1CCCN1C(=O)C(CO)NS(=O)(=O)c1cccc2ccccc12)C(=O)c1nc2ccccc2s1. The van der Waals surface area contributed by atoms with Gasteiger partial charge in [0.15, 0.2) is 11.0 Å². The molecule has 3 atom stereocenters. The molecular formula is C31H35N7O6S2. The van der Waals surface area contributed by atoms with Crippen molar-refractivity contribution in [2.75, 3.05) is 19.7 Å². The number of aromatic nitrogens is 1. The van der Waals surface area contributed by atoms with Gasteiger partial charge in [-0.1, -0.05) is 48.5 Å². The molecule has 1 aliphatic heterocycles. The van der Waals surface area contributed by atoms with Crippen LogP contribution in [-0.4, -0.2) is 84.8 Å². The lowest BCUT2D eigenvalue weighted by molar-refractivity contribution is -0.140. The quantitative estimate of drug-likeness (QED) is 0.0605. The largest absolute Gasteiger partial charge is 0.394 e. The van der Waals surface area contributed by atoms with Gasteiger partial charge in [-0.2, -0.15) is 4.72 Å². The number of guanidine groups is 1. The molecule has 15 heteroatoms. The Morgan fingerprint density at radius 1 is 1.04 bits per heavy atom. The molecule has 2 unspecified atom stereocenters. The Morgan fingerprint density at radius 2 is 1.78 bits per heavy atom. The highest BCUT2D eigenvalue weighted by molar-refractivity contribution is 7.89. The number of amides is 2. The van der Waals surface area contributed by atoms with Crippen molar-refractivity contribution < 1.29 is 27.9 Å². The van der Waals surface area contributed by atoms with Gasteiger partial charge < -0.3 is 26.8 Å². The van der Waals surface area contributed by atoms with Crippen molar-refractivity contribution >= 4 is 65.9 Å². The number of nitrogens with two attached hydrogens (primary N) is 2. The third-order valence-corrected chi connectivity index (χ3v) is 10.3. The zero-order chi connectivity index (χ0) is 32.8. The molecule has 1 saturated heterocycles. The van der Waals surface area contributed by atoms with Gasteiger partial charge in [0, 0.05) is 18.5 Å². The molecule has 0 saturated carbocycles. The van der Waals surface area contributed by atoms with Gasteiger partial charge in [0.1, 0.15) is 12.1 Å². The van der Waals surface area contributed by atoms with Crippen molar-refractivity contribution in [3.63, 3.8) is 0 Å². The van der Waals surface area contributed by atoms with Crippen LogP contribution in [0.15, 0.2) is 76.6 Å². The summed E-state index contributed by atoms with van der Waals surface area (Å²) < 4.78 is 29.9. The molecule has 0 bridgehead atoms. The van der Waals surface area contributed by atoms with E-state index in [-0.39, 0.29) is 41.2 Å². The highest BCUT2D eigenvalue weighted by Gasteiger charge is 2.40. The fourth-order valence-electron chi connectivity index (χ4n) is 5.52. The predicted octanol–water partition coefficient (Wildman–Crippen LogP) is 1.50. The van der Waals surface area contributed by atoms with Gasteiger partial charge >= 0.3 is 0 Å². The number of carbonyl (C=O) groups is 3. The van der Waals surface area contributed by atoms with Crippen LogP contribution in [0.3, 0.4) is 0 Å². The Bertz CT molecular complexity index is 1850. The lowest BCUT2D eigenvalue weighted by atomic mass is 10.1. The second-order valence-corrected chi connectivity index (χ2v) is 13.6. The third-order valence-electron chi connectivity index (χ3n) is 7.74. The summed E-state index contributed by atoms with van der Waals surface area (Å²) in [6.45, 7) is -0.410. The molecule has 242 valence electrons. The van der Waals surface area contributed by atoms with E-state index in [0.717, 1.165) is 4.70 Å². The van der Waals surface area contributed by atoms with Crippen LogP contribution < -0.4 is 21.5 Å². The van der Waals surface area contributed by atoms with E-state index < -0.39 is 46.6 Å². The fraction of sp³-hybridized carbons (Fsp3) is 0.323. The molecule has 0 spiro atoms. The molecule has 0 radical (unpaired) electrons. The van der Waals surface area contributed by atoms with Crippen LogP contribution in [0.1, 0.15) is 35.5 Å². The second kappa shape index (κ2) is 14.3. The molecule has 13 nitrogen and oxygen atoms in total. The first-order valence-corrected chi connectivity index (χ1v) is 17.1. The number of carbonyl (C=O) groups excluding carboxylic acids is 3. The van der Waals surface area contributed by atoms with E-state index in [9.17, 15) is 27.9 Å². The monoisotopic (exact) mass is 665 g/mol. The molecular weight excluding hydrogens is 631 g/mol. The summed E-state index contributed by atoms with van der Waals surface area (Å²) in [5.41, 5.74) is 11.5. The first-order valence-electron chi connectivity index (χ1n) is 14.8. The normalized spacial score (nSPS) is 16.3. The van der Waals surface area contributed by atoms with Crippen molar-refractivity contribution in [1.29, 1.82) is 0 Å². The summed E-state index contributed by atoms with van der Waals surface area (Å²) in [6, 6.07) is 15.5. The molecule has 0 aliphatic carbocycles. The zero-order valence-corrected chi connectivity index (χ0v) is 26.5. The summed E-state index contributed by atoms with van der Waals surface area (Å²) in [6.07, 6.45) is 1.36. The Hall–Kier alpha value is -4.44. The average Bonchev–Trinajstić information content (AvgIpc) is 3.72. The van der Waals surface area contributed by atoms with Crippen LogP contribution in [0, 0.1) is 0 Å². The minimum atomic E-state index is -4.24. The number of ketones is 1. The Morgan fingerprint density at radius 3 is 2.54 bits per heavy atom. The topological polar surface area (TPSA) is 210 Å². The number of likely N-dealkylation sites (tertiary alicyclic amines) is 1. The van der Waals surface area contributed by atoms with E-state index in [4.69, 9.17) is 11.5 Å². The van der Waals surface area contributed by atoms with Crippen molar-refractivity contribution in [2.24, 2.45) is 16.5 Å². The first kappa shape index (κ1) is 32.9. The minimum Gasteiger partial charge on any atom is -0.394 e. The van der Waals surface area contributed by atoms with Crippen molar-refractivity contribution in [3.8, 4) is 0 Å². The van der Waals surface area contributed by atoms with Gasteiger partial charge in [-0.15, -0.1) is 11.3 Å². The highest BCUT2D eigenvalue weighted by atomic mass is 32.2. The Labute approximate surface area is 269 Å². The maximum atomic E-state index is 13.6. The minimum absolute atomic E-state index is 0.0375. The summed E-state index contributed by atoms with van der Waals surface area (Å²) in [5, 5.41) is 14.3. The van der Waals surface area contributed by atoms with Gasteiger partial charge in [0.25, 0.3) is 0 Å². The number of benzene rings is 3. The first-order chi connectivity index (χ1) is 22.1. The molecule has 2 heterocycles. The van der Waals surface area contributed by atoms with Crippen molar-refractivity contribution in [3.05, 3.63) is 71.7 Å². The molecule has 1 aliphatic rings. The number of thiazole rings is 1. The van der Waals surface area contributed by atoms with Gasteiger partial charge in [-0.3, -0.25) is 19.4 Å². The van der Waals surface area contributed by atoms with Crippen LogP contribution in [-0.2, 0) is 19.6 Å². The van der Waals surface area contributed by atoms with E-state index in [2.05, 4.69) is 20.0 Å². The molecule has 5 rings (SSSR count). The van der Waals surface area contributed by atoms with E-state index in [1.807, 2.05) is 18.2 Å². The number of nitrogens with one attached hydrogen (secondary N) is 2. The van der Waals surface area contributed by atoms with Gasteiger partial charge in [0.2, 0.25) is 27.6 Å². The standard InChI is InChI=1S/C31H35N7O6S2/c32-31(33)34-16-6-12-22(27(40)29-36-21-11-3-4-14-25(21)45-29)35-28(41)24-13-7-17-38(24)30(42)23(18-39)37-46(43,44)26-15-5-9-19-8-1-2-10-20(19)26/h1-5,8-11,14-15,22-24,37,39H,6-7,12-13,16-18H2,(H,35,41)(H4,32,33,34)/t22?,23?,24-/m0/s1. The van der Waals surface area contributed by atoms with Crippen LogP contribution in [0.25, 0.3) is 21.0 Å². The average molecular weight is 666 g/mol. The predicted molar refractivity (Wildman–Crippen MR) is 176 cm³/mol. The van der Waals surface area contributed by atoms with Crippen LogP contribution in [0.4, 0.5) is 0 Å². The number of hydrogen-bond donors (Lipinski definition) is 5. The van der Waals surface area contributed by atoms with Gasteiger partial charge in [-0.25, -0.2) is 13.4 Å². The second-order valence-electron chi connectivity index (χ2n) is 10.9. The number of aliphatic hydroxyl groups is 1. The summed E-state index contributed by atoms with van der Waals surface area (Å²) in [4.78, 5) is 50.5. The number of aliphatic hydroxyl groups excluding tert-OH is 1. The van der Waals surface area contributed by atoms with Crippen molar-refractivity contribution in [1.82, 2.24) is 19.9 Å².